The average molecular weight is 683 g/mol. The van der Waals surface area contributed by atoms with Crippen molar-refractivity contribution in [3.8, 4) is 0 Å². The largest absolute Gasteiger partial charge is 0.465 e. The maximum atomic E-state index is 12.3. The molecule has 49 heavy (non-hydrogen) atoms. The van der Waals surface area contributed by atoms with Gasteiger partial charge in [-0.05, 0) is 84.5 Å². The van der Waals surface area contributed by atoms with Crippen molar-refractivity contribution >= 4 is 24.1 Å². The van der Waals surface area contributed by atoms with E-state index in [-0.39, 0.29) is 72.5 Å². The molecule has 6 rings (SSSR count). The molecule has 0 aromatic carbocycles. The molecule has 0 aromatic rings. The molecule has 4 aliphatic heterocycles. The van der Waals surface area contributed by atoms with Gasteiger partial charge in [0.15, 0.2) is 0 Å². The van der Waals surface area contributed by atoms with Crippen LogP contribution in [0.15, 0.2) is 47.6 Å². The number of hydrogen-bond donors (Lipinski definition) is 2. The Bertz CT molecular complexity index is 1350. The van der Waals surface area contributed by atoms with Crippen LogP contribution in [0.1, 0.15) is 84.5 Å². The van der Waals surface area contributed by atoms with Crippen LogP contribution in [0.25, 0.3) is 0 Å². The van der Waals surface area contributed by atoms with Gasteiger partial charge in [-0.25, -0.2) is 19.2 Å². The summed E-state index contributed by atoms with van der Waals surface area (Å²) in [4.78, 5) is 51.9. The summed E-state index contributed by atoms with van der Waals surface area (Å²) < 4.78 is 23.2. The van der Waals surface area contributed by atoms with Crippen molar-refractivity contribution in [2.24, 2.45) is 11.8 Å². The Balaban J connectivity index is 0.989. The van der Waals surface area contributed by atoms with E-state index in [1.807, 2.05) is 13.8 Å². The molecule has 0 spiro atoms. The highest BCUT2D eigenvalue weighted by Gasteiger charge is 2.62. The number of carboxylic acid groups (broad SMARTS) is 2. The highest BCUT2D eigenvalue weighted by atomic mass is 16.7. The van der Waals surface area contributed by atoms with Crippen molar-refractivity contribution in [3.05, 3.63) is 47.6 Å². The Kier molecular flexibility index (Phi) is 10.0. The SMILES string of the molecule is C=C1C(=O)O[C@H]2[C@H]1CC/C(CN(CCCCCN(C/C1=C/CC[C@@]3(C)O[C@H]3[C@H]3OC(=O)C(=C)[C@@H]3CC1)C(=O)O)C(=O)O)=C\CC[C@@]1(C)O[C@@H]21. The molecule has 4 saturated heterocycles. The van der Waals surface area contributed by atoms with Gasteiger partial charge in [-0.15, -0.1) is 0 Å². The number of unbranched alkanes of at least 4 members (excludes halogenated alkanes) is 2. The maximum Gasteiger partial charge on any atom is 0.407 e. The van der Waals surface area contributed by atoms with Crippen LogP contribution in [0, 0.1) is 11.8 Å². The highest BCUT2D eigenvalue weighted by molar-refractivity contribution is 5.91. The van der Waals surface area contributed by atoms with Crippen LogP contribution >= 0.6 is 0 Å². The number of ether oxygens (including phenoxy) is 4. The monoisotopic (exact) mass is 682 g/mol. The number of epoxide rings is 2. The number of carbonyl (C=O) groups is 4. The van der Waals surface area contributed by atoms with Crippen molar-refractivity contribution < 1.29 is 48.3 Å². The molecule has 268 valence electrons. The quantitative estimate of drug-likeness (QED) is 0.0973. The lowest BCUT2D eigenvalue weighted by Gasteiger charge is -2.25. The summed E-state index contributed by atoms with van der Waals surface area (Å²) in [6.07, 6.45) is 8.75. The summed E-state index contributed by atoms with van der Waals surface area (Å²) in [5, 5.41) is 20.0. The third kappa shape index (κ3) is 7.60. The van der Waals surface area contributed by atoms with E-state index in [9.17, 15) is 29.4 Å². The summed E-state index contributed by atoms with van der Waals surface area (Å²) >= 11 is 0. The minimum Gasteiger partial charge on any atom is -0.465 e. The van der Waals surface area contributed by atoms with Crippen molar-refractivity contribution in [2.45, 2.75) is 120 Å². The lowest BCUT2D eigenvalue weighted by Crippen LogP contribution is -2.34. The molecule has 12 heteroatoms. The normalized spacial score (nSPS) is 37.4. The number of nitrogens with zero attached hydrogens (tertiary/aromatic N) is 2. The van der Waals surface area contributed by atoms with Crippen LogP contribution in [0.3, 0.4) is 0 Å². The van der Waals surface area contributed by atoms with Crippen LogP contribution in [0.4, 0.5) is 9.59 Å². The van der Waals surface area contributed by atoms with Gasteiger partial charge in [0.2, 0.25) is 0 Å². The van der Waals surface area contributed by atoms with E-state index in [0.29, 0.717) is 69.2 Å². The molecule has 0 radical (unpaired) electrons. The fraction of sp³-hybridized carbons (Fsp3) is 0.676. The zero-order chi connectivity index (χ0) is 35.1. The molecule has 2 amide bonds. The Morgan fingerprint density at radius 3 is 1.55 bits per heavy atom. The van der Waals surface area contributed by atoms with E-state index >= 15 is 0 Å². The average Bonchev–Trinajstić information content (AvgIpc) is 3.86. The summed E-state index contributed by atoms with van der Waals surface area (Å²) in [5.74, 6) is -1.05. The second-order valence-corrected chi connectivity index (χ2v) is 15.1. The second-order valence-electron chi connectivity index (χ2n) is 15.1. The molecule has 2 N–H and O–H groups in total. The Labute approximate surface area is 287 Å². The molecule has 4 heterocycles. The van der Waals surface area contributed by atoms with Gasteiger partial charge in [0.05, 0.1) is 11.2 Å². The molecule has 12 nitrogen and oxygen atoms in total. The molecule has 6 aliphatic rings. The van der Waals surface area contributed by atoms with E-state index in [4.69, 9.17) is 18.9 Å². The zero-order valence-electron chi connectivity index (χ0n) is 28.7. The Hall–Kier alpha value is -3.64. The van der Waals surface area contributed by atoms with Crippen molar-refractivity contribution in [1.29, 1.82) is 0 Å². The first-order valence-corrected chi connectivity index (χ1v) is 17.8. The van der Waals surface area contributed by atoms with Crippen molar-refractivity contribution in [2.75, 3.05) is 26.2 Å². The predicted octanol–water partition coefficient (Wildman–Crippen LogP) is 5.63. The number of fused-ring (bicyclic) bond motifs is 6. The van der Waals surface area contributed by atoms with E-state index < -0.39 is 12.2 Å². The van der Waals surface area contributed by atoms with Gasteiger partial charge in [-0.3, -0.25) is 0 Å². The van der Waals surface area contributed by atoms with Gasteiger partial charge in [-0.2, -0.15) is 0 Å². The molecule has 8 atom stereocenters. The number of carbonyl (C=O) groups excluding carboxylic acids is 2. The van der Waals surface area contributed by atoms with Gasteiger partial charge in [0.25, 0.3) is 0 Å². The molecule has 0 bridgehead atoms. The lowest BCUT2D eigenvalue weighted by atomic mass is 9.84. The van der Waals surface area contributed by atoms with Crippen LogP contribution in [-0.2, 0) is 28.5 Å². The third-order valence-electron chi connectivity index (χ3n) is 11.6. The van der Waals surface area contributed by atoms with Gasteiger partial charge in [0, 0.05) is 49.2 Å². The third-order valence-corrected chi connectivity index (χ3v) is 11.6. The van der Waals surface area contributed by atoms with Crippen molar-refractivity contribution in [1.82, 2.24) is 9.80 Å². The first-order valence-electron chi connectivity index (χ1n) is 17.8. The Morgan fingerprint density at radius 1 is 0.755 bits per heavy atom. The number of hydrogen-bond acceptors (Lipinski definition) is 8. The number of esters is 2. The molecule has 0 unspecified atom stereocenters. The van der Waals surface area contributed by atoms with Crippen LogP contribution < -0.4 is 0 Å². The van der Waals surface area contributed by atoms with Gasteiger partial charge >= 0.3 is 24.1 Å². The Morgan fingerprint density at radius 2 is 1.16 bits per heavy atom. The first-order chi connectivity index (χ1) is 23.3. The summed E-state index contributed by atoms with van der Waals surface area (Å²) in [5.41, 5.74) is 2.23. The molecular formula is C37H50N2O10. The summed E-state index contributed by atoms with van der Waals surface area (Å²) in [7, 11) is 0. The van der Waals surface area contributed by atoms with Crippen LogP contribution in [-0.4, -0.2) is 106 Å². The second kappa shape index (κ2) is 13.9. The zero-order valence-corrected chi connectivity index (χ0v) is 28.7. The van der Waals surface area contributed by atoms with E-state index in [1.165, 1.54) is 9.80 Å². The molecule has 0 saturated carbocycles. The fourth-order valence-electron chi connectivity index (χ4n) is 8.28. The lowest BCUT2D eigenvalue weighted by molar-refractivity contribution is -0.140. The van der Waals surface area contributed by atoms with Gasteiger partial charge < -0.3 is 39.0 Å². The first kappa shape index (κ1) is 35.2. The molecule has 2 aliphatic carbocycles. The smallest absolute Gasteiger partial charge is 0.407 e. The topological polar surface area (TPSA) is 159 Å². The minimum atomic E-state index is -0.997. The molecule has 0 aromatic heterocycles. The highest BCUT2D eigenvalue weighted by Crippen LogP contribution is 2.51. The van der Waals surface area contributed by atoms with Crippen LogP contribution in [0.5, 0.6) is 0 Å². The van der Waals surface area contributed by atoms with E-state index in [2.05, 4.69) is 25.3 Å². The minimum absolute atomic E-state index is 0.128. The number of rotatable bonds is 10. The fourth-order valence-corrected chi connectivity index (χ4v) is 8.28. The molecule has 4 fully saturated rings. The van der Waals surface area contributed by atoms with Gasteiger partial charge in [0.1, 0.15) is 24.4 Å². The predicted molar refractivity (Wildman–Crippen MR) is 178 cm³/mol. The van der Waals surface area contributed by atoms with E-state index in [0.717, 1.165) is 36.8 Å². The number of amides is 2. The molecular weight excluding hydrogens is 632 g/mol. The maximum absolute atomic E-state index is 12.3. The van der Waals surface area contributed by atoms with Gasteiger partial charge in [-0.1, -0.05) is 36.5 Å². The van der Waals surface area contributed by atoms with Crippen LogP contribution in [0.2, 0.25) is 0 Å². The summed E-state index contributed by atoms with van der Waals surface area (Å²) in [6.45, 7) is 13.2. The van der Waals surface area contributed by atoms with E-state index in [1.54, 1.807) is 0 Å². The number of allylic oxidation sites excluding steroid dienone is 2. The summed E-state index contributed by atoms with van der Waals surface area (Å²) in [6, 6.07) is 0. The van der Waals surface area contributed by atoms with Crippen molar-refractivity contribution in [3.63, 3.8) is 0 Å². The standard InChI is InChI=1S/C37H50N2O10/c1-22-26-14-12-24(10-8-16-36(3)30(48-36)28(26)46-32(22)40)20-38(34(42)43)18-6-5-7-19-39(35(44)45)21-25-11-9-17-37(4)31(49-37)29-27(15-13-25)23(2)33(41)47-29/h10-11,26-31H,1-2,5-9,12-21H2,3-4H3,(H,42,43)(H,44,45)/b24-10+,25-11+/t26-,27-,28-,29-,30-,31-,36+,37+/m0/s1.